The van der Waals surface area contributed by atoms with Crippen LogP contribution in [-0.2, 0) is 10.0 Å². The molecular formula is C12H16F4N2O2S. The number of alkyl halides is 3. The van der Waals surface area contributed by atoms with E-state index in [2.05, 4.69) is 4.72 Å². The first-order chi connectivity index (χ1) is 9.53. The van der Waals surface area contributed by atoms with Crippen LogP contribution < -0.4 is 10.5 Å². The maximum absolute atomic E-state index is 13.6. The number of sulfonamides is 1. The topological polar surface area (TPSA) is 72.2 Å². The summed E-state index contributed by atoms with van der Waals surface area (Å²) < 4.78 is 75.1. The average Bonchev–Trinajstić information content (AvgIpc) is 2.31. The lowest BCUT2D eigenvalue weighted by molar-refractivity contribution is -0.135. The number of hydrogen-bond acceptors (Lipinski definition) is 3. The van der Waals surface area contributed by atoms with Crippen LogP contribution in [0.4, 0.5) is 23.2 Å². The van der Waals surface area contributed by atoms with Crippen LogP contribution in [0.15, 0.2) is 17.0 Å². The third-order valence-electron chi connectivity index (χ3n) is 2.79. The van der Waals surface area contributed by atoms with Gasteiger partial charge in [0.05, 0.1) is 0 Å². The Hall–Kier alpha value is -1.35. The Labute approximate surface area is 120 Å². The van der Waals surface area contributed by atoms with Gasteiger partial charge in [-0.05, 0) is 37.5 Å². The molecule has 9 heteroatoms. The van der Waals surface area contributed by atoms with Crippen molar-refractivity contribution in [3.05, 3.63) is 23.5 Å². The Morgan fingerprint density at radius 3 is 2.43 bits per heavy atom. The normalized spacial score (nSPS) is 12.6. The number of unbranched alkanes of at least 4 members (excludes halogenated alkanes) is 1. The van der Waals surface area contributed by atoms with E-state index in [0.29, 0.717) is 5.56 Å². The number of halogens is 4. The van der Waals surface area contributed by atoms with Crippen LogP contribution in [0.3, 0.4) is 0 Å². The van der Waals surface area contributed by atoms with Crippen LogP contribution in [0, 0.1) is 12.7 Å². The van der Waals surface area contributed by atoms with Crippen LogP contribution in [0.25, 0.3) is 0 Å². The van der Waals surface area contributed by atoms with Gasteiger partial charge in [-0.3, -0.25) is 0 Å². The highest BCUT2D eigenvalue weighted by Crippen LogP contribution is 2.23. The van der Waals surface area contributed by atoms with E-state index in [9.17, 15) is 26.0 Å². The van der Waals surface area contributed by atoms with Gasteiger partial charge in [-0.2, -0.15) is 13.2 Å². The molecule has 0 aliphatic rings. The summed E-state index contributed by atoms with van der Waals surface area (Å²) in [4.78, 5) is -0.610. The third kappa shape index (κ3) is 5.50. The van der Waals surface area contributed by atoms with Crippen LogP contribution in [0.1, 0.15) is 24.8 Å². The second-order valence-corrected chi connectivity index (χ2v) is 6.34. The van der Waals surface area contributed by atoms with Gasteiger partial charge in [-0.1, -0.05) is 0 Å². The van der Waals surface area contributed by atoms with Crippen molar-refractivity contribution in [3.8, 4) is 0 Å². The Kier molecular flexibility index (Phi) is 5.57. The van der Waals surface area contributed by atoms with E-state index in [1.54, 1.807) is 0 Å². The first-order valence-corrected chi connectivity index (χ1v) is 7.63. The summed E-state index contributed by atoms with van der Waals surface area (Å²) in [6, 6.07) is 1.98. The number of nitrogens with one attached hydrogen (secondary N) is 1. The molecule has 0 saturated carbocycles. The van der Waals surface area contributed by atoms with Gasteiger partial charge in [0.1, 0.15) is 10.7 Å². The van der Waals surface area contributed by atoms with Gasteiger partial charge in [0.25, 0.3) is 0 Å². The van der Waals surface area contributed by atoms with E-state index >= 15 is 0 Å². The lowest BCUT2D eigenvalue weighted by atomic mass is 10.2. The molecule has 0 aromatic heterocycles. The summed E-state index contributed by atoms with van der Waals surface area (Å²) in [7, 11) is -4.13. The summed E-state index contributed by atoms with van der Waals surface area (Å²) in [5, 5.41) is 0. The zero-order chi connectivity index (χ0) is 16.3. The summed E-state index contributed by atoms with van der Waals surface area (Å²) in [5.74, 6) is -0.954. The van der Waals surface area contributed by atoms with Crippen molar-refractivity contribution in [2.45, 2.75) is 37.3 Å². The number of nitrogens with two attached hydrogens (primary N) is 1. The zero-order valence-corrected chi connectivity index (χ0v) is 12.1. The molecule has 1 rings (SSSR count). The fourth-order valence-corrected chi connectivity index (χ4v) is 2.78. The van der Waals surface area contributed by atoms with E-state index in [4.69, 9.17) is 5.73 Å². The molecule has 21 heavy (non-hydrogen) atoms. The van der Waals surface area contributed by atoms with Crippen molar-refractivity contribution >= 4 is 15.7 Å². The number of nitrogen functional groups attached to an aromatic ring is 1. The molecule has 0 aliphatic heterocycles. The van der Waals surface area contributed by atoms with E-state index in [-0.39, 0.29) is 25.1 Å². The minimum atomic E-state index is -4.27. The van der Waals surface area contributed by atoms with Crippen molar-refractivity contribution in [2.75, 3.05) is 12.3 Å². The quantitative estimate of drug-likeness (QED) is 0.479. The highest BCUT2D eigenvalue weighted by molar-refractivity contribution is 7.89. The molecule has 0 atom stereocenters. The number of anilines is 1. The lowest BCUT2D eigenvalue weighted by Gasteiger charge is -2.10. The van der Waals surface area contributed by atoms with Gasteiger partial charge >= 0.3 is 6.18 Å². The van der Waals surface area contributed by atoms with Crippen molar-refractivity contribution in [1.29, 1.82) is 0 Å². The van der Waals surface area contributed by atoms with Crippen molar-refractivity contribution < 1.29 is 26.0 Å². The molecule has 3 N–H and O–H groups in total. The molecule has 1 aromatic carbocycles. The maximum atomic E-state index is 13.6. The standard InChI is InChI=1S/C12H16F4N2O2S/c1-8-6-9(13)11(7-10(8)17)21(19,20)18-5-3-2-4-12(14,15)16/h6-7,18H,2-5,17H2,1H3. The van der Waals surface area contributed by atoms with Gasteiger partial charge in [-0.15, -0.1) is 0 Å². The second kappa shape index (κ2) is 6.61. The van der Waals surface area contributed by atoms with Crippen molar-refractivity contribution in [2.24, 2.45) is 0 Å². The molecule has 120 valence electrons. The Bertz CT molecular complexity index is 600. The lowest BCUT2D eigenvalue weighted by Crippen LogP contribution is -2.26. The third-order valence-corrected chi connectivity index (χ3v) is 4.27. The minimum absolute atomic E-state index is 0.00169. The summed E-state index contributed by atoms with van der Waals surface area (Å²) >= 11 is 0. The molecule has 0 amide bonds. The smallest absolute Gasteiger partial charge is 0.389 e. The highest BCUT2D eigenvalue weighted by Gasteiger charge is 2.26. The second-order valence-electron chi connectivity index (χ2n) is 4.61. The summed E-state index contributed by atoms with van der Waals surface area (Å²) in [5.41, 5.74) is 6.05. The zero-order valence-electron chi connectivity index (χ0n) is 11.3. The highest BCUT2D eigenvalue weighted by atomic mass is 32.2. The monoisotopic (exact) mass is 328 g/mol. The van der Waals surface area contributed by atoms with Crippen LogP contribution in [0.5, 0.6) is 0 Å². The van der Waals surface area contributed by atoms with Crippen LogP contribution in [0.2, 0.25) is 0 Å². The number of hydrogen-bond donors (Lipinski definition) is 2. The van der Waals surface area contributed by atoms with Crippen molar-refractivity contribution in [1.82, 2.24) is 4.72 Å². The molecule has 0 bridgehead atoms. The first kappa shape index (κ1) is 17.7. The number of benzene rings is 1. The molecule has 0 fully saturated rings. The maximum Gasteiger partial charge on any atom is 0.389 e. The van der Waals surface area contributed by atoms with E-state index < -0.39 is 33.3 Å². The van der Waals surface area contributed by atoms with Crippen LogP contribution >= 0.6 is 0 Å². The predicted octanol–water partition coefficient (Wildman–Crippen LogP) is 2.73. The molecular weight excluding hydrogens is 312 g/mol. The SMILES string of the molecule is Cc1cc(F)c(S(=O)(=O)NCCCCC(F)(F)F)cc1N. The molecule has 0 heterocycles. The predicted molar refractivity (Wildman–Crippen MR) is 70.6 cm³/mol. The average molecular weight is 328 g/mol. The molecule has 0 spiro atoms. The molecule has 0 aliphatic carbocycles. The van der Waals surface area contributed by atoms with Gasteiger partial charge in [0.2, 0.25) is 10.0 Å². The van der Waals surface area contributed by atoms with E-state index in [1.165, 1.54) is 6.92 Å². The molecule has 0 unspecified atom stereocenters. The molecule has 0 saturated heterocycles. The number of rotatable bonds is 6. The van der Waals surface area contributed by atoms with Crippen molar-refractivity contribution in [3.63, 3.8) is 0 Å². The van der Waals surface area contributed by atoms with E-state index in [0.717, 1.165) is 12.1 Å². The van der Waals surface area contributed by atoms with Gasteiger partial charge in [0, 0.05) is 18.7 Å². The fraction of sp³-hybridized carbons (Fsp3) is 0.500. The van der Waals surface area contributed by atoms with E-state index in [1.807, 2.05) is 0 Å². The van der Waals surface area contributed by atoms with Gasteiger partial charge in [0.15, 0.2) is 0 Å². The Morgan fingerprint density at radius 2 is 1.86 bits per heavy atom. The molecule has 1 aromatic rings. The molecule has 4 nitrogen and oxygen atoms in total. The fourth-order valence-electron chi connectivity index (χ4n) is 1.61. The summed E-state index contributed by atoms with van der Waals surface area (Å²) in [6.45, 7) is 1.32. The van der Waals surface area contributed by atoms with Gasteiger partial charge in [-0.25, -0.2) is 17.5 Å². The largest absolute Gasteiger partial charge is 0.398 e. The molecule has 0 radical (unpaired) electrons. The summed E-state index contributed by atoms with van der Waals surface area (Å²) in [6.07, 6.45) is -5.46. The Morgan fingerprint density at radius 1 is 1.24 bits per heavy atom. The van der Waals surface area contributed by atoms with Gasteiger partial charge < -0.3 is 5.73 Å². The number of aryl methyl sites for hydroxylation is 1. The minimum Gasteiger partial charge on any atom is -0.398 e. The van der Waals surface area contributed by atoms with Crippen LogP contribution in [-0.4, -0.2) is 21.1 Å². The first-order valence-electron chi connectivity index (χ1n) is 6.15. The Balaban J connectivity index is 2.64.